The third-order valence-corrected chi connectivity index (χ3v) is 11.4. The van der Waals surface area contributed by atoms with Gasteiger partial charge in [0.2, 0.25) is 0 Å². The van der Waals surface area contributed by atoms with E-state index in [2.05, 4.69) is 117 Å². The van der Waals surface area contributed by atoms with Crippen molar-refractivity contribution < 1.29 is 0 Å². The first kappa shape index (κ1) is 30.3. The molecular formula is C31H32N6PS3+. The molecule has 0 fully saturated rings. The van der Waals surface area contributed by atoms with Gasteiger partial charge in [0.25, 0.3) is 0 Å². The topological polar surface area (TPSA) is 72.8 Å². The number of nitrogens with zero attached hydrogens (tertiary/aromatic N) is 2. The van der Waals surface area contributed by atoms with Gasteiger partial charge in [-0.2, -0.15) is 10.2 Å². The summed E-state index contributed by atoms with van der Waals surface area (Å²) in [7, 11) is -0.369. The van der Waals surface area contributed by atoms with Crippen LogP contribution in [0.25, 0.3) is 0 Å². The largest absolute Gasteiger partial charge is 0.364 e. The molecule has 0 amide bonds. The third kappa shape index (κ3) is 7.77. The highest BCUT2D eigenvalue weighted by atomic mass is 32.1. The molecule has 4 aromatic carbocycles. The maximum Gasteiger partial charge on any atom is 0.189 e. The lowest BCUT2D eigenvalue weighted by atomic mass is 10.1. The van der Waals surface area contributed by atoms with Gasteiger partial charge in [0, 0.05) is 17.5 Å². The van der Waals surface area contributed by atoms with Crippen LogP contribution in [0.5, 0.6) is 0 Å². The predicted octanol–water partition coefficient (Wildman–Crippen LogP) is 4.56. The van der Waals surface area contributed by atoms with Crippen molar-refractivity contribution in [2.75, 3.05) is 13.3 Å². The molecule has 4 N–H and O–H groups in total. The van der Waals surface area contributed by atoms with Crippen LogP contribution in [0.4, 0.5) is 0 Å². The minimum atomic E-state index is -2.10. The maximum atomic E-state index is 5.73. The van der Waals surface area contributed by atoms with Crippen molar-refractivity contribution in [1.82, 2.24) is 21.5 Å². The van der Waals surface area contributed by atoms with E-state index in [1.54, 1.807) is 7.05 Å². The van der Waals surface area contributed by atoms with Crippen LogP contribution >= 0.6 is 44.3 Å². The van der Waals surface area contributed by atoms with Crippen molar-refractivity contribution in [2.24, 2.45) is 10.2 Å². The van der Waals surface area contributed by atoms with Gasteiger partial charge < -0.3 is 10.6 Å². The number of hydrazone groups is 2. The summed E-state index contributed by atoms with van der Waals surface area (Å²) >= 11 is 15.3. The van der Waals surface area contributed by atoms with Crippen molar-refractivity contribution in [1.29, 1.82) is 0 Å². The SMILES string of the molecule is CNC(=S)NN=C(C(C)=NNC(=S)NC[P+](c1ccccc1)(c1ccccc1)c1ccccc1)c1ccc(S)cc1. The van der Waals surface area contributed by atoms with E-state index in [-0.39, 0.29) is 0 Å². The average Bonchev–Trinajstić information content (AvgIpc) is 3.02. The quantitative estimate of drug-likeness (QED) is 0.0625. The Morgan fingerprint density at radius 3 is 1.61 bits per heavy atom. The fourth-order valence-corrected chi connectivity index (χ4v) is 8.62. The van der Waals surface area contributed by atoms with Crippen LogP contribution in [-0.2, 0) is 0 Å². The Morgan fingerprint density at radius 2 is 1.15 bits per heavy atom. The molecule has 208 valence electrons. The van der Waals surface area contributed by atoms with Crippen LogP contribution in [0.15, 0.2) is 130 Å². The number of thiol groups is 1. The first-order valence-electron chi connectivity index (χ1n) is 12.9. The molecule has 0 aliphatic carbocycles. The molecule has 10 heteroatoms. The number of thiocarbonyl (C=S) groups is 2. The minimum Gasteiger partial charge on any atom is -0.364 e. The van der Waals surface area contributed by atoms with E-state index in [0.717, 1.165) is 10.5 Å². The average molecular weight is 616 g/mol. The van der Waals surface area contributed by atoms with Gasteiger partial charge in [-0.15, -0.1) is 12.6 Å². The summed E-state index contributed by atoms with van der Waals surface area (Å²) in [5.74, 6) is 0. The Kier molecular flexibility index (Phi) is 11.0. The zero-order chi connectivity index (χ0) is 29.1. The predicted molar refractivity (Wildman–Crippen MR) is 187 cm³/mol. The fourth-order valence-electron chi connectivity index (χ4n) is 4.32. The molecule has 0 aromatic heterocycles. The summed E-state index contributed by atoms with van der Waals surface area (Å²) < 4.78 is 0. The van der Waals surface area contributed by atoms with Gasteiger partial charge in [-0.3, -0.25) is 10.9 Å². The molecule has 4 rings (SSSR count). The Hall–Kier alpha value is -3.62. The number of rotatable bonds is 9. The Bertz CT molecular complexity index is 1420. The van der Waals surface area contributed by atoms with Crippen LogP contribution in [0, 0.1) is 0 Å². The first-order valence-corrected chi connectivity index (χ1v) is 16.2. The molecule has 0 bridgehead atoms. The normalized spacial score (nSPS) is 11.9. The summed E-state index contributed by atoms with van der Waals surface area (Å²) in [4.78, 5) is 0.854. The maximum absolute atomic E-state index is 5.73. The summed E-state index contributed by atoms with van der Waals surface area (Å²) in [5.41, 5.74) is 7.98. The third-order valence-electron chi connectivity index (χ3n) is 6.37. The van der Waals surface area contributed by atoms with Gasteiger partial charge in [0.1, 0.15) is 35.2 Å². The zero-order valence-corrected chi connectivity index (χ0v) is 26.2. The molecule has 6 nitrogen and oxygen atoms in total. The highest BCUT2D eigenvalue weighted by Crippen LogP contribution is 2.54. The summed E-state index contributed by atoms with van der Waals surface area (Å²) in [6.07, 6.45) is 0.619. The summed E-state index contributed by atoms with van der Waals surface area (Å²) in [5, 5.41) is 20.0. The lowest BCUT2D eigenvalue weighted by Gasteiger charge is -2.28. The van der Waals surface area contributed by atoms with Crippen LogP contribution in [0.2, 0.25) is 0 Å². The highest BCUT2D eigenvalue weighted by Gasteiger charge is 2.45. The second kappa shape index (κ2) is 14.8. The lowest BCUT2D eigenvalue weighted by Crippen LogP contribution is -2.42. The molecule has 0 unspecified atom stereocenters. The van der Waals surface area contributed by atoms with Gasteiger partial charge in [-0.25, -0.2) is 0 Å². The monoisotopic (exact) mass is 615 g/mol. The van der Waals surface area contributed by atoms with E-state index in [1.165, 1.54) is 15.9 Å². The Labute approximate surface area is 258 Å². The van der Waals surface area contributed by atoms with Gasteiger partial charge >= 0.3 is 0 Å². The van der Waals surface area contributed by atoms with E-state index in [4.69, 9.17) is 24.4 Å². The van der Waals surface area contributed by atoms with Crippen LogP contribution in [0.1, 0.15) is 12.5 Å². The smallest absolute Gasteiger partial charge is 0.189 e. The molecule has 0 radical (unpaired) electrons. The Morgan fingerprint density at radius 1 is 0.683 bits per heavy atom. The minimum absolute atomic E-state index is 0.398. The number of nitrogens with one attached hydrogen (secondary N) is 4. The Balaban J connectivity index is 1.61. The summed E-state index contributed by atoms with van der Waals surface area (Å²) in [6, 6.07) is 39.6. The molecule has 0 aliphatic rings. The standard InChI is InChI=1S/C31H31N6PS3/c1-23(29(35-36-30(40)32-2)24-18-20-28(39)21-19-24)34-37-31(41)33-22-38(25-12-6-3-7-13-25,26-14-8-4-9-15-26)27-16-10-5-11-17-27/h3-21H,22H2,1-2H3,(H4-,32,33,34,35,36,37,39,40,41)/p+1. The molecular weight excluding hydrogens is 584 g/mol. The van der Waals surface area contributed by atoms with Crippen molar-refractivity contribution >= 4 is 81.9 Å². The first-order chi connectivity index (χ1) is 19.9. The van der Waals surface area contributed by atoms with E-state index < -0.39 is 7.26 Å². The van der Waals surface area contributed by atoms with Gasteiger partial charge in [-0.1, -0.05) is 66.7 Å². The van der Waals surface area contributed by atoms with Crippen LogP contribution < -0.4 is 37.4 Å². The van der Waals surface area contributed by atoms with Crippen LogP contribution in [-0.4, -0.2) is 35.0 Å². The highest BCUT2D eigenvalue weighted by molar-refractivity contribution is 7.95. The number of benzene rings is 4. The zero-order valence-electron chi connectivity index (χ0n) is 22.8. The molecule has 0 spiro atoms. The summed E-state index contributed by atoms with van der Waals surface area (Å²) in [6.45, 7) is 1.86. The second-order valence-corrected chi connectivity index (χ2v) is 13.8. The van der Waals surface area contributed by atoms with Crippen molar-refractivity contribution in [3.8, 4) is 0 Å². The molecule has 0 aliphatic heterocycles. The van der Waals surface area contributed by atoms with E-state index >= 15 is 0 Å². The van der Waals surface area contributed by atoms with E-state index in [9.17, 15) is 0 Å². The number of hydrogen-bond acceptors (Lipinski definition) is 5. The second-order valence-electron chi connectivity index (χ2n) is 8.99. The molecule has 0 atom stereocenters. The van der Waals surface area contributed by atoms with Crippen molar-refractivity contribution in [3.05, 3.63) is 121 Å². The van der Waals surface area contributed by atoms with Crippen LogP contribution in [0.3, 0.4) is 0 Å². The molecule has 0 saturated carbocycles. The van der Waals surface area contributed by atoms with Gasteiger partial charge in [0.15, 0.2) is 10.2 Å². The van der Waals surface area contributed by atoms with Gasteiger partial charge in [-0.05, 0) is 79.9 Å². The lowest BCUT2D eigenvalue weighted by molar-refractivity contribution is 0.956. The number of hydrogen-bond donors (Lipinski definition) is 5. The fraction of sp³-hybridized carbons (Fsp3) is 0.0968. The molecule has 0 saturated heterocycles. The molecule has 41 heavy (non-hydrogen) atoms. The van der Waals surface area contributed by atoms with Crippen molar-refractivity contribution in [3.63, 3.8) is 0 Å². The van der Waals surface area contributed by atoms with E-state index in [1.807, 2.05) is 49.4 Å². The molecule has 4 aromatic rings. The van der Waals surface area contributed by atoms with Crippen molar-refractivity contribution in [2.45, 2.75) is 11.8 Å². The van der Waals surface area contributed by atoms with Gasteiger partial charge in [0.05, 0.1) is 5.71 Å². The molecule has 0 heterocycles. The van der Waals surface area contributed by atoms with E-state index in [0.29, 0.717) is 27.9 Å².